The standard InChI is InChI=1S/C13H15NO2/c1-16-13(15)12-6-4-10(5-7-12)2-3-11-8-14-9-11/h2-7,11,14H,8-9H2,1H3/b3-2+. The summed E-state index contributed by atoms with van der Waals surface area (Å²) in [6, 6.07) is 7.42. The molecule has 1 aliphatic rings. The van der Waals surface area contributed by atoms with Crippen molar-refractivity contribution in [3.63, 3.8) is 0 Å². The molecule has 0 saturated carbocycles. The Hall–Kier alpha value is -1.61. The van der Waals surface area contributed by atoms with Gasteiger partial charge < -0.3 is 10.1 Å². The van der Waals surface area contributed by atoms with Crippen molar-refractivity contribution in [3.05, 3.63) is 41.5 Å². The zero-order valence-electron chi connectivity index (χ0n) is 9.27. The number of hydrogen-bond donors (Lipinski definition) is 1. The maximum atomic E-state index is 11.2. The fourth-order valence-electron chi connectivity index (χ4n) is 1.54. The highest BCUT2D eigenvalue weighted by atomic mass is 16.5. The third-order valence-corrected chi connectivity index (χ3v) is 2.71. The third kappa shape index (κ3) is 2.49. The van der Waals surface area contributed by atoms with Crippen LogP contribution in [0, 0.1) is 5.92 Å². The van der Waals surface area contributed by atoms with Crippen LogP contribution >= 0.6 is 0 Å². The molecule has 0 radical (unpaired) electrons. The van der Waals surface area contributed by atoms with Gasteiger partial charge in [-0.1, -0.05) is 24.3 Å². The Labute approximate surface area is 95.1 Å². The first kappa shape index (κ1) is 10.9. The zero-order valence-corrected chi connectivity index (χ0v) is 9.27. The summed E-state index contributed by atoms with van der Waals surface area (Å²) >= 11 is 0. The molecule has 1 fully saturated rings. The van der Waals surface area contributed by atoms with E-state index in [1.54, 1.807) is 12.1 Å². The van der Waals surface area contributed by atoms with Crippen LogP contribution in [0.2, 0.25) is 0 Å². The molecule has 1 aromatic rings. The van der Waals surface area contributed by atoms with E-state index in [2.05, 4.69) is 22.2 Å². The Bertz CT molecular complexity index is 391. The van der Waals surface area contributed by atoms with Gasteiger partial charge in [0.05, 0.1) is 12.7 Å². The van der Waals surface area contributed by atoms with Gasteiger partial charge in [-0.15, -0.1) is 0 Å². The van der Waals surface area contributed by atoms with Gasteiger partial charge in [-0.3, -0.25) is 0 Å². The van der Waals surface area contributed by atoms with Crippen LogP contribution < -0.4 is 5.32 Å². The Morgan fingerprint density at radius 1 is 1.38 bits per heavy atom. The summed E-state index contributed by atoms with van der Waals surface area (Å²) in [7, 11) is 1.39. The monoisotopic (exact) mass is 217 g/mol. The van der Waals surface area contributed by atoms with Gasteiger partial charge in [-0.05, 0) is 17.7 Å². The summed E-state index contributed by atoms with van der Waals surface area (Å²) in [5.74, 6) is 0.360. The quantitative estimate of drug-likeness (QED) is 0.783. The molecule has 3 nitrogen and oxygen atoms in total. The maximum absolute atomic E-state index is 11.2. The van der Waals surface area contributed by atoms with Gasteiger partial charge in [0.15, 0.2) is 0 Å². The predicted octanol–water partition coefficient (Wildman–Crippen LogP) is 1.71. The molecule has 3 heteroatoms. The van der Waals surface area contributed by atoms with Crippen LogP contribution in [0.3, 0.4) is 0 Å². The summed E-state index contributed by atoms with van der Waals surface area (Å²) < 4.78 is 4.64. The second kappa shape index (κ2) is 4.94. The van der Waals surface area contributed by atoms with Crippen molar-refractivity contribution in [2.45, 2.75) is 0 Å². The lowest BCUT2D eigenvalue weighted by molar-refractivity contribution is 0.0601. The van der Waals surface area contributed by atoms with Crippen LogP contribution in [-0.2, 0) is 4.74 Å². The zero-order chi connectivity index (χ0) is 11.4. The number of carbonyl (C=O) groups is 1. The molecular formula is C13H15NO2. The van der Waals surface area contributed by atoms with Crippen LogP contribution in [0.5, 0.6) is 0 Å². The Morgan fingerprint density at radius 2 is 2.06 bits per heavy atom. The van der Waals surface area contributed by atoms with Crippen molar-refractivity contribution in [1.82, 2.24) is 5.32 Å². The Balaban J connectivity index is 2.01. The van der Waals surface area contributed by atoms with Gasteiger partial charge in [-0.2, -0.15) is 0 Å². The predicted molar refractivity (Wildman–Crippen MR) is 63.2 cm³/mol. The Kier molecular flexibility index (Phi) is 3.37. The van der Waals surface area contributed by atoms with E-state index in [4.69, 9.17) is 0 Å². The van der Waals surface area contributed by atoms with Gasteiger partial charge in [0.1, 0.15) is 0 Å². The lowest BCUT2D eigenvalue weighted by Gasteiger charge is -2.23. The van der Waals surface area contributed by atoms with E-state index in [1.165, 1.54) is 7.11 Å². The van der Waals surface area contributed by atoms with Gasteiger partial charge in [0.25, 0.3) is 0 Å². The molecule has 0 aromatic heterocycles. The highest BCUT2D eigenvalue weighted by Gasteiger charge is 2.12. The van der Waals surface area contributed by atoms with Crippen LogP contribution in [0.25, 0.3) is 6.08 Å². The first-order chi connectivity index (χ1) is 7.79. The molecule has 84 valence electrons. The lowest BCUT2D eigenvalue weighted by atomic mass is 10.0. The normalized spacial score (nSPS) is 16.1. The number of carbonyl (C=O) groups excluding carboxylic acids is 1. The van der Waals surface area contributed by atoms with Gasteiger partial charge in [0, 0.05) is 19.0 Å². The number of methoxy groups -OCH3 is 1. The van der Waals surface area contributed by atoms with Crippen molar-refractivity contribution in [1.29, 1.82) is 0 Å². The topological polar surface area (TPSA) is 38.3 Å². The average Bonchev–Trinajstić information content (AvgIpc) is 2.27. The molecule has 0 spiro atoms. The summed E-state index contributed by atoms with van der Waals surface area (Å²) in [4.78, 5) is 11.2. The van der Waals surface area contributed by atoms with E-state index < -0.39 is 0 Å². The molecule has 0 amide bonds. The van der Waals surface area contributed by atoms with Gasteiger partial charge >= 0.3 is 5.97 Å². The Morgan fingerprint density at radius 3 is 2.56 bits per heavy atom. The van der Waals surface area contributed by atoms with E-state index in [1.807, 2.05) is 12.1 Å². The minimum absolute atomic E-state index is 0.293. The first-order valence-corrected chi connectivity index (χ1v) is 5.37. The van der Waals surface area contributed by atoms with Crippen molar-refractivity contribution >= 4 is 12.0 Å². The summed E-state index contributed by atoms with van der Waals surface area (Å²) in [6.07, 6.45) is 4.29. The van der Waals surface area contributed by atoms with E-state index in [0.717, 1.165) is 18.7 Å². The second-order valence-corrected chi connectivity index (χ2v) is 3.89. The van der Waals surface area contributed by atoms with Crippen molar-refractivity contribution in [2.24, 2.45) is 5.92 Å². The van der Waals surface area contributed by atoms with Crippen LogP contribution in [0.4, 0.5) is 0 Å². The number of benzene rings is 1. The average molecular weight is 217 g/mol. The SMILES string of the molecule is COC(=O)c1ccc(/C=C/C2CNC2)cc1. The van der Waals surface area contributed by atoms with Crippen LogP contribution in [0.1, 0.15) is 15.9 Å². The number of hydrogen-bond acceptors (Lipinski definition) is 3. The number of esters is 1. The molecule has 0 unspecified atom stereocenters. The largest absolute Gasteiger partial charge is 0.465 e. The van der Waals surface area contributed by atoms with E-state index in [9.17, 15) is 4.79 Å². The van der Waals surface area contributed by atoms with Crippen LogP contribution in [0.15, 0.2) is 30.3 Å². The van der Waals surface area contributed by atoms with E-state index >= 15 is 0 Å². The minimum atomic E-state index is -0.293. The summed E-state index contributed by atoms with van der Waals surface area (Å²) in [5.41, 5.74) is 1.70. The molecule has 0 bridgehead atoms. The first-order valence-electron chi connectivity index (χ1n) is 5.37. The highest BCUT2D eigenvalue weighted by molar-refractivity contribution is 5.89. The minimum Gasteiger partial charge on any atom is -0.465 e. The van der Waals surface area contributed by atoms with Crippen molar-refractivity contribution in [2.75, 3.05) is 20.2 Å². The molecule has 0 aliphatic carbocycles. The number of nitrogens with one attached hydrogen (secondary N) is 1. The molecule has 0 atom stereocenters. The molecule has 1 saturated heterocycles. The highest BCUT2D eigenvalue weighted by Crippen LogP contribution is 2.11. The van der Waals surface area contributed by atoms with E-state index in [-0.39, 0.29) is 5.97 Å². The molecule has 1 heterocycles. The summed E-state index contributed by atoms with van der Waals surface area (Å²) in [5, 5.41) is 3.22. The lowest BCUT2D eigenvalue weighted by Crippen LogP contribution is -2.40. The van der Waals surface area contributed by atoms with E-state index in [0.29, 0.717) is 11.5 Å². The van der Waals surface area contributed by atoms with Crippen molar-refractivity contribution < 1.29 is 9.53 Å². The smallest absolute Gasteiger partial charge is 0.337 e. The number of ether oxygens (including phenoxy) is 1. The molecular weight excluding hydrogens is 202 g/mol. The van der Waals surface area contributed by atoms with Gasteiger partial charge in [0.2, 0.25) is 0 Å². The second-order valence-electron chi connectivity index (χ2n) is 3.89. The maximum Gasteiger partial charge on any atom is 0.337 e. The summed E-state index contributed by atoms with van der Waals surface area (Å²) in [6.45, 7) is 2.13. The van der Waals surface area contributed by atoms with Crippen LogP contribution in [-0.4, -0.2) is 26.2 Å². The van der Waals surface area contributed by atoms with Crippen molar-refractivity contribution in [3.8, 4) is 0 Å². The number of rotatable bonds is 3. The fraction of sp³-hybridized carbons (Fsp3) is 0.308. The van der Waals surface area contributed by atoms with Gasteiger partial charge in [-0.25, -0.2) is 4.79 Å². The molecule has 16 heavy (non-hydrogen) atoms. The third-order valence-electron chi connectivity index (χ3n) is 2.71. The molecule has 1 aliphatic heterocycles. The molecule has 1 N–H and O–H groups in total. The molecule has 2 rings (SSSR count). The fourth-order valence-corrected chi connectivity index (χ4v) is 1.54. The molecule has 1 aromatic carbocycles.